The Labute approximate surface area is 181 Å². The van der Waals surface area contributed by atoms with Gasteiger partial charge in [0.1, 0.15) is 0 Å². The van der Waals surface area contributed by atoms with Crippen molar-refractivity contribution in [3.8, 4) is 0 Å². The quantitative estimate of drug-likeness (QED) is 0.494. The summed E-state index contributed by atoms with van der Waals surface area (Å²) in [5.41, 5.74) is 4.73. The van der Waals surface area contributed by atoms with Crippen LogP contribution in [0, 0.1) is 19.8 Å². The minimum absolute atomic E-state index is 0.227. The summed E-state index contributed by atoms with van der Waals surface area (Å²) in [5.74, 6) is 0.631. The Hall–Kier alpha value is -2.57. The van der Waals surface area contributed by atoms with Gasteiger partial charge in [0.2, 0.25) is 0 Å². The minimum Gasteiger partial charge on any atom is -0.377 e. The van der Waals surface area contributed by atoms with Gasteiger partial charge in [0, 0.05) is 22.2 Å². The zero-order chi connectivity index (χ0) is 20.9. The monoisotopic (exact) mass is 436 g/mol. The Kier molecular flexibility index (Phi) is 4.71. The van der Waals surface area contributed by atoms with Gasteiger partial charge in [0.05, 0.1) is 10.9 Å². The number of nitrogens with one attached hydrogen (secondary N) is 2. The predicted molar refractivity (Wildman–Crippen MR) is 124 cm³/mol. The average molecular weight is 437 g/mol. The predicted octanol–water partition coefficient (Wildman–Crippen LogP) is 5.99. The van der Waals surface area contributed by atoms with Crippen LogP contribution in [0.1, 0.15) is 39.9 Å². The molecule has 1 aliphatic carbocycles. The molecule has 3 unspecified atom stereocenters. The molecule has 0 radical (unpaired) electrons. The third-order valence-electron chi connectivity index (χ3n) is 5.97. The van der Waals surface area contributed by atoms with Crippen molar-refractivity contribution in [2.75, 3.05) is 10.0 Å². The lowest BCUT2D eigenvalue weighted by molar-refractivity contribution is 0.429. The Morgan fingerprint density at radius 2 is 1.87 bits per heavy atom. The number of thiophene rings is 1. The van der Waals surface area contributed by atoms with E-state index in [2.05, 4.69) is 39.7 Å². The molecule has 2 aromatic carbocycles. The molecule has 1 aliphatic heterocycles. The highest BCUT2D eigenvalue weighted by Gasteiger charge is 2.38. The molecule has 3 aromatic rings. The first kappa shape index (κ1) is 19.4. The van der Waals surface area contributed by atoms with Crippen molar-refractivity contribution in [1.82, 2.24) is 0 Å². The van der Waals surface area contributed by atoms with Crippen LogP contribution in [0.15, 0.2) is 71.0 Å². The number of anilines is 2. The Morgan fingerprint density at radius 1 is 1.07 bits per heavy atom. The topological polar surface area (TPSA) is 58.2 Å². The van der Waals surface area contributed by atoms with E-state index in [1.807, 2.05) is 44.2 Å². The highest BCUT2D eigenvalue weighted by molar-refractivity contribution is 7.92. The van der Waals surface area contributed by atoms with Crippen molar-refractivity contribution in [2.24, 2.45) is 5.92 Å². The van der Waals surface area contributed by atoms with Gasteiger partial charge >= 0.3 is 0 Å². The molecule has 0 bridgehead atoms. The van der Waals surface area contributed by atoms with E-state index in [1.165, 1.54) is 4.88 Å². The van der Waals surface area contributed by atoms with E-state index in [0.29, 0.717) is 16.5 Å². The summed E-state index contributed by atoms with van der Waals surface area (Å²) in [6.45, 7) is 3.93. The highest BCUT2D eigenvalue weighted by atomic mass is 32.2. The SMILES string of the molecule is Cc1cc(C)cc(NS(=O)(=O)c2ccc3c(c2)C2C=CCC2C(c2cccs2)N3)c1. The number of aryl methyl sites for hydroxylation is 2. The second-order valence-electron chi connectivity index (χ2n) is 8.22. The molecule has 0 saturated carbocycles. The molecule has 154 valence electrons. The van der Waals surface area contributed by atoms with Crippen LogP contribution in [-0.4, -0.2) is 8.42 Å². The van der Waals surface area contributed by atoms with E-state index in [-0.39, 0.29) is 12.0 Å². The minimum atomic E-state index is -3.67. The molecule has 4 nitrogen and oxygen atoms in total. The maximum absolute atomic E-state index is 13.1. The van der Waals surface area contributed by atoms with Crippen LogP contribution in [-0.2, 0) is 10.0 Å². The number of hydrogen-bond donors (Lipinski definition) is 2. The van der Waals surface area contributed by atoms with Gasteiger partial charge < -0.3 is 5.32 Å². The second-order valence-corrected chi connectivity index (χ2v) is 10.9. The summed E-state index contributed by atoms with van der Waals surface area (Å²) in [6, 6.07) is 15.7. The molecule has 2 aliphatic rings. The van der Waals surface area contributed by atoms with Gasteiger partial charge in [-0.3, -0.25) is 4.72 Å². The molecule has 30 heavy (non-hydrogen) atoms. The van der Waals surface area contributed by atoms with E-state index in [4.69, 9.17) is 0 Å². The van der Waals surface area contributed by atoms with E-state index >= 15 is 0 Å². The third-order valence-corrected chi connectivity index (χ3v) is 8.30. The van der Waals surface area contributed by atoms with Crippen LogP contribution in [0.5, 0.6) is 0 Å². The van der Waals surface area contributed by atoms with Crippen molar-refractivity contribution < 1.29 is 8.42 Å². The second kappa shape index (κ2) is 7.29. The Bertz CT molecular complexity index is 1210. The molecule has 0 amide bonds. The van der Waals surface area contributed by atoms with Crippen molar-refractivity contribution in [2.45, 2.75) is 37.1 Å². The van der Waals surface area contributed by atoms with E-state index in [0.717, 1.165) is 28.8 Å². The van der Waals surface area contributed by atoms with Crippen LogP contribution in [0.2, 0.25) is 0 Å². The molecular formula is C24H24N2O2S2. The fourth-order valence-corrected chi connectivity index (χ4v) is 6.66. The summed E-state index contributed by atoms with van der Waals surface area (Å²) >= 11 is 1.77. The van der Waals surface area contributed by atoms with Gasteiger partial charge in [0.25, 0.3) is 10.0 Å². The number of fused-ring (bicyclic) bond motifs is 3. The van der Waals surface area contributed by atoms with Crippen molar-refractivity contribution >= 4 is 32.7 Å². The van der Waals surface area contributed by atoms with E-state index in [9.17, 15) is 8.42 Å². The van der Waals surface area contributed by atoms with Crippen LogP contribution >= 0.6 is 11.3 Å². The molecule has 5 rings (SSSR count). The third kappa shape index (κ3) is 3.44. The average Bonchev–Trinajstić information content (AvgIpc) is 3.38. The normalized spacial score (nSPS) is 22.3. The summed E-state index contributed by atoms with van der Waals surface area (Å²) in [5, 5.41) is 5.78. The number of allylic oxidation sites excluding steroid dienone is 2. The smallest absolute Gasteiger partial charge is 0.261 e. The van der Waals surface area contributed by atoms with Crippen molar-refractivity contribution in [3.05, 3.63) is 87.6 Å². The molecule has 2 heterocycles. The first-order valence-corrected chi connectivity index (χ1v) is 12.5. The summed E-state index contributed by atoms with van der Waals surface area (Å²) in [6.07, 6.45) is 5.46. The van der Waals surface area contributed by atoms with Crippen LogP contribution in [0.3, 0.4) is 0 Å². The Balaban J connectivity index is 1.50. The van der Waals surface area contributed by atoms with Crippen LogP contribution in [0.25, 0.3) is 0 Å². The van der Waals surface area contributed by atoms with Gasteiger partial charge in [-0.15, -0.1) is 11.3 Å². The van der Waals surface area contributed by atoms with Gasteiger partial charge in [0.15, 0.2) is 0 Å². The maximum atomic E-state index is 13.1. The molecule has 3 atom stereocenters. The number of hydrogen-bond acceptors (Lipinski definition) is 4. The molecule has 6 heteroatoms. The summed E-state index contributed by atoms with van der Waals surface area (Å²) in [7, 11) is -3.67. The fourth-order valence-electron chi connectivity index (χ4n) is 4.74. The van der Waals surface area contributed by atoms with Crippen molar-refractivity contribution in [1.29, 1.82) is 0 Å². The molecule has 2 N–H and O–H groups in total. The first-order valence-electron chi connectivity index (χ1n) is 10.1. The number of sulfonamides is 1. The standard InChI is InChI=1S/C24H24N2O2S2/c1-15-11-16(2)13-17(12-15)26-30(27,28)18-8-9-22-21(14-18)19-5-3-6-20(19)24(25-22)23-7-4-10-29-23/h3-5,7-14,19-20,24-26H,6H2,1-2H3. The lowest BCUT2D eigenvalue weighted by Crippen LogP contribution is -2.28. The Morgan fingerprint density at radius 3 is 2.60 bits per heavy atom. The maximum Gasteiger partial charge on any atom is 0.261 e. The molecule has 1 aromatic heterocycles. The van der Waals surface area contributed by atoms with E-state index in [1.54, 1.807) is 17.4 Å². The largest absolute Gasteiger partial charge is 0.377 e. The van der Waals surface area contributed by atoms with Crippen LogP contribution < -0.4 is 10.0 Å². The van der Waals surface area contributed by atoms with Gasteiger partial charge in [-0.25, -0.2) is 8.42 Å². The lowest BCUT2D eigenvalue weighted by atomic mass is 9.79. The zero-order valence-electron chi connectivity index (χ0n) is 16.9. The molecular weight excluding hydrogens is 412 g/mol. The molecule has 0 spiro atoms. The first-order chi connectivity index (χ1) is 14.4. The summed E-state index contributed by atoms with van der Waals surface area (Å²) < 4.78 is 29.0. The lowest BCUT2D eigenvalue weighted by Gasteiger charge is -2.37. The van der Waals surface area contributed by atoms with Gasteiger partial charge in [-0.1, -0.05) is 24.3 Å². The van der Waals surface area contributed by atoms with Crippen LogP contribution in [0.4, 0.5) is 11.4 Å². The van der Waals surface area contributed by atoms with E-state index < -0.39 is 10.0 Å². The van der Waals surface area contributed by atoms with Gasteiger partial charge in [-0.2, -0.15) is 0 Å². The highest BCUT2D eigenvalue weighted by Crippen LogP contribution is 2.50. The van der Waals surface area contributed by atoms with Gasteiger partial charge in [-0.05, 0) is 84.7 Å². The zero-order valence-corrected chi connectivity index (χ0v) is 18.6. The summed E-state index contributed by atoms with van der Waals surface area (Å²) in [4.78, 5) is 1.63. The van der Waals surface area contributed by atoms with Crippen molar-refractivity contribution in [3.63, 3.8) is 0 Å². The molecule has 0 fully saturated rings. The number of benzene rings is 2. The number of rotatable bonds is 4. The molecule has 0 saturated heterocycles. The fraction of sp³-hybridized carbons (Fsp3) is 0.250.